The lowest BCUT2D eigenvalue weighted by atomic mass is 10.2. The van der Waals surface area contributed by atoms with Gasteiger partial charge in [-0.2, -0.15) is 10.1 Å². The van der Waals surface area contributed by atoms with Crippen molar-refractivity contribution in [3.05, 3.63) is 29.7 Å². The molecule has 2 aromatic heterocycles. The van der Waals surface area contributed by atoms with Crippen LogP contribution in [0.3, 0.4) is 0 Å². The van der Waals surface area contributed by atoms with Crippen molar-refractivity contribution < 1.29 is 4.52 Å². The predicted molar refractivity (Wildman–Crippen MR) is 62.3 cm³/mol. The van der Waals surface area contributed by atoms with Gasteiger partial charge < -0.3 is 9.84 Å². The Kier molecular flexibility index (Phi) is 3.87. The van der Waals surface area contributed by atoms with Crippen LogP contribution in [-0.2, 0) is 26.4 Å². The summed E-state index contributed by atoms with van der Waals surface area (Å²) in [5, 5.41) is 11.3. The van der Waals surface area contributed by atoms with Crippen molar-refractivity contribution in [3.8, 4) is 0 Å². The molecule has 0 spiro atoms. The third-order valence-corrected chi connectivity index (χ3v) is 2.56. The number of hydrogen-bond donors (Lipinski definition) is 1. The quantitative estimate of drug-likeness (QED) is 0.746. The van der Waals surface area contributed by atoms with Crippen molar-refractivity contribution in [1.82, 2.24) is 25.2 Å². The molecule has 1 N–H and O–H groups in total. The van der Waals surface area contributed by atoms with E-state index >= 15 is 0 Å². The molecule has 0 aliphatic carbocycles. The van der Waals surface area contributed by atoms with Crippen LogP contribution in [0.4, 0.5) is 0 Å². The number of aromatic nitrogens is 4. The zero-order valence-electron chi connectivity index (χ0n) is 10.2. The molecule has 2 rings (SSSR count). The molecule has 0 unspecified atom stereocenters. The summed E-state index contributed by atoms with van der Waals surface area (Å²) in [6.07, 6.45) is 5.19. The van der Waals surface area contributed by atoms with E-state index in [1.807, 2.05) is 11.7 Å². The number of rotatable bonds is 6. The average Bonchev–Trinajstić information content (AvgIpc) is 2.93. The summed E-state index contributed by atoms with van der Waals surface area (Å²) in [6.45, 7) is 3.76. The smallest absolute Gasteiger partial charge is 0.227 e. The third-order valence-electron chi connectivity index (χ3n) is 2.56. The molecule has 0 aliphatic rings. The van der Waals surface area contributed by atoms with Crippen molar-refractivity contribution in [2.45, 2.75) is 26.3 Å². The summed E-state index contributed by atoms with van der Waals surface area (Å²) in [7, 11) is 1.95. The lowest BCUT2D eigenvalue weighted by Crippen LogP contribution is -2.17. The van der Waals surface area contributed by atoms with E-state index in [-0.39, 0.29) is 0 Å². The first-order valence-corrected chi connectivity index (χ1v) is 5.77. The largest absolute Gasteiger partial charge is 0.340 e. The maximum atomic E-state index is 4.92. The van der Waals surface area contributed by atoms with Gasteiger partial charge in [-0.3, -0.25) is 4.68 Å². The van der Waals surface area contributed by atoms with Gasteiger partial charge in [-0.15, -0.1) is 0 Å². The Hall–Kier alpha value is -1.69. The molecule has 6 heteroatoms. The fourth-order valence-electron chi connectivity index (χ4n) is 1.75. The van der Waals surface area contributed by atoms with E-state index in [1.54, 1.807) is 0 Å². The van der Waals surface area contributed by atoms with E-state index < -0.39 is 0 Å². The highest BCUT2D eigenvalue weighted by atomic mass is 16.5. The average molecular weight is 235 g/mol. The lowest BCUT2D eigenvalue weighted by molar-refractivity contribution is 0.375. The molecule has 0 amide bonds. The molecule has 17 heavy (non-hydrogen) atoms. The summed E-state index contributed by atoms with van der Waals surface area (Å²) in [5.41, 5.74) is 2.40. The van der Waals surface area contributed by atoms with Gasteiger partial charge in [0.15, 0.2) is 6.33 Å². The fraction of sp³-hybridized carbons (Fsp3) is 0.545. The van der Waals surface area contributed by atoms with E-state index in [0.29, 0.717) is 5.89 Å². The van der Waals surface area contributed by atoms with Crippen LogP contribution in [0.2, 0.25) is 0 Å². The Labute approximate surface area is 100 Å². The summed E-state index contributed by atoms with van der Waals surface area (Å²) in [5.74, 6) is 0.666. The summed E-state index contributed by atoms with van der Waals surface area (Å²) in [6, 6.07) is 0. The van der Waals surface area contributed by atoms with Gasteiger partial charge >= 0.3 is 0 Å². The van der Waals surface area contributed by atoms with Gasteiger partial charge in [0.05, 0.1) is 5.69 Å². The zero-order valence-corrected chi connectivity index (χ0v) is 10.2. The fourth-order valence-corrected chi connectivity index (χ4v) is 1.75. The maximum absolute atomic E-state index is 4.92. The second-order valence-corrected chi connectivity index (χ2v) is 3.89. The molecule has 0 saturated heterocycles. The van der Waals surface area contributed by atoms with Crippen LogP contribution in [0.5, 0.6) is 0 Å². The van der Waals surface area contributed by atoms with Gasteiger partial charge in [0.25, 0.3) is 0 Å². The number of hydrogen-bond acceptors (Lipinski definition) is 5. The van der Waals surface area contributed by atoms with Gasteiger partial charge in [-0.25, -0.2) is 0 Å². The van der Waals surface area contributed by atoms with Crippen LogP contribution in [-0.4, -0.2) is 26.5 Å². The Morgan fingerprint density at radius 2 is 2.35 bits per heavy atom. The van der Waals surface area contributed by atoms with Gasteiger partial charge in [-0.05, 0) is 6.42 Å². The molecule has 92 valence electrons. The number of nitrogens with one attached hydrogen (secondary N) is 1. The van der Waals surface area contributed by atoms with Crippen molar-refractivity contribution in [1.29, 1.82) is 0 Å². The van der Waals surface area contributed by atoms with Gasteiger partial charge in [0.1, 0.15) is 0 Å². The predicted octanol–water partition coefficient (Wildman–Crippen LogP) is 0.698. The first-order chi connectivity index (χ1) is 8.29. The van der Waals surface area contributed by atoms with E-state index in [2.05, 4.69) is 33.7 Å². The molecule has 0 aromatic carbocycles. The standard InChI is InChI=1S/C11H17N5O/c1-3-10-9(7-16(2)15-10)6-12-5-4-11-13-8-14-17-11/h7-8,12H,3-6H2,1-2H3. The van der Waals surface area contributed by atoms with Crippen LogP contribution in [0, 0.1) is 0 Å². The van der Waals surface area contributed by atoms with Gasteiger partial charge in [0, 0.05) is 38.3 Å². The molecule has 0 saturated carbocycles. The molecular weight excluding hydrogens is 218 g/mol. The minimum absolute atomic E-state index is 0.666. The van der Waals surface area contributed by atoms with Crippen LogP contribution in [0.25, 0.3) is 0 Å². The minimum Gasteiger partial charge on any atom is -0.340 e. The van der Waals surface area contributed by atoms with Crippen molar-refractivity contribution in [2.24, 2.45) is 7.05 Å². The van der Waals surface area contributed by atoms with Crippen LogP contribution >= 0.6 is 0 Å². The number of nitrogens with zero attached hydrogens (tertiary/aromatic N) is 4. The SMILES string of the molecule is CCc1nn(C)cc1CNCCc1ncno1. The zero-order chi connectivity index (χ0) is 12.1. The van der Waals surface area contributed by atoms with E-state index in [9.17, 15) is 0 Å². The monoisotopic (exact) mass is 235 g/mol. The second kappa shape index (κ2) is 5.58. The first kappa shape index (κ1) is 11.8. The molecule has 6 nitrogen and oxygen atoms in total. The van der Waals surface area contributed by atoms with Crippen LogP contribution in [0.1, 0.15) is 24.1 Å². The molecule has 0 atom stereocenters. The van der Waals surface area contributed by atoms with E-state index in [1.165, 1.54) is 11.9 Å². The molecule has 0 aliphatic heterocycles. The summed E-state index contributed by atoms with van der Waals surface area (Å²) < 4.78 is 6.77. The summed E-state index contributed by atoms with van der Waals surface area (Å²) in [4.78, 5) is 3.96. The highest BCUT2D eigenvalue weighted by Crippen LogP contribution is 2.06. The Morgan fingerprint density at radius 1 is 1.47 bits per heavy atom. The molecule has 2 aromatic rings. The van der Waals surface area contributed by atoms with Gasteiger partial charge in [-0.1, -0.05) is 12.1 Å². The van der Waals surface area contributed by atoms with E-state index in [0.717, 1.165) is 31.6 Å². The Morgan fingerprint density at radius 3 is 3.06 bits per heavy atom. The highest BCUT2D eigenvalue weighted by molar-refractivity contribution is 5.16. The normalized spacial score (nSPS) is 10.9. The Balaban J connectivity index is 1.77. The Bertz CT molecular complexity index is 448. The molecule has 0 fully saturated rings. The minimum atomic E-state index is 0.666. The first-order valence-electron chi connectivity index (χ1n) is 5.77. The molecule has 0 bridgehead atoms. The van der Waals surface area contributed by atoms with Gasteiger partial charge in [0.2, 0.25) is 5.89 Å². The van der Waals surface area contributed by atoms with Crippen LogP contribution < -0.4 is 5.32 Å². The van der Waals surface area contributed by atoms with Crippen molar-refractivity contribution in [2.75, 3.05) is 6.54 Å². The topological polar surface area (TPSA) is 68.8 Å². The highest BCUT2D eigenvalue weighted by Gasteiger charge is 2.05. The molecule has 0 radical (unpaired) electrons. The molecule has 2 heterocycles. The number of aryl methyl sites for hydroxylation is 2. The lowest BCUT2D eigenvalue weighted by Gasteiger charge is -2.02. The van der Waals surface area contributed by atoms with E-state index in [4.69, 9.17) is 4.52 Å². The maximum Gasteiger partial charge on any atom is 0.227 e. The third kappa shape index (κ3) is 3.13. The summed E-state index contributed by atoms with van der Waals surface area (Å²) >= 11 is 0. The molecular formula is C11H17N5O. The van der Waals surface area contributed by atoms with Crippen molar-refractivity contribution >= 4 is 0 Å². The van der Waals surface area contributed by atoms with Crippen molar-refractivity contribution in [3.63, 3.8) is 0 Å². The second-order valence-electron chi connectivity index (χ2n) is 3.89. The van der Waals surface area contributed by atoms with Crippen LogP contribution in [0.15, 0.2) is 17.0 Å².